The lowest BCUT2D eigenvalue weighted by atomic mass is 10.0. The van der Waals surface area contributed by atoms with Crippen molar-refractivity contribution < 1.29 is 9.34 Å². The van der Waals surface area contributed by atoms with Gasteiger partial charge in [0.05, 0.1) is 16.7 Å². The monoisotopic (exact) mass is 520 g/mol. The minimum atomic E-state index is -0.418. The maximum atomic E-state index is 11.2. The van der Waals surface area contributed by atoms with E-state index in [9.17, 15) is 10.1 Å². The van der Waals surface area contributed by atoms with Gasteiger partial charge in [-0.15, -0.1) is 0 Å². The van der Waals surface area contributed by atoms with Gasteiger partial charge in [0.2, 0.25) is 0 Å². The quantitative estimate of drug-likeness (QED) is 0.191. The van der Waals surface area contributed by atoms with Crippen molar-refractivity contribution in [3.63, 3.8) is 0 Å². The zero-order valence-electron chi connectivity index (χ0n) is 17.1. The van der Waals surface area contributed by atoms with Gasteiger partial charge in [0.15, 0.2) is 5.11 Å². The molecule has 2 atom stereocenters. The number of hydrogen-bond acceptors (Lipinski definition) is 5. The fraction of sp³-hybridized carbons (Fsp3) is 0.0833. The van der Waals surface area contributed by atoms with Gasteiger partial charge in [0.1, 0.15) is 17.6 Å². The summed E-state index contributed by atoms with van der Waals surface area (Å²) < 4.78 is 7.23. The lowest BCUT2D eigenvalue weighted by molar-refractivity contribution is -0.384. The number of benzene rings is 2. The highest BCUT2D eigenvalue weighted by Gasteiger charge is 2.42. The standard InChI is InChI=1S/C24H17BrN4O3S/c25-16-7-9-17(10-8-16)28-23(22(27-24(28)33)19-6-1-2-13-26-19)21-12-11-20(32-21)15-4-3-5-18(14-15)29(30)31/h1-14,22-23H,(H,27,33)/t22-,23+/m0/s1. The Kier molecular flexibility index (Phi) is 5.65. The Morgan fingerprint density at radius 1 is 1.06 bits per heavy atom. The molecule has 0 saturated carbocycles. The molecule has 33 heavy (non-hydrogen) atoms. The fourth-order valence-electron chi connectivity index (χ4n) is 3.96. The van der Waals surface area contributed by atoms with E-state index in [2.05, 4.69) is 26.2 Å². The molecule has 1 N–H and O–H groups in total. The number of pyridine rings is 1. The number of aromatic nitrogens is 1. The number of nitro groups is 1. The molecule has 9 heteroatoms. The second-order valence-electron chi connectivity index (χ2n) is 7.48. The highest BCUT2D eigenvalue weighted by atomic mass is 79.9. The van der Waals surface area contributed by atoms with Crippen LogP contribution < -0.4 is 10.2 Å². The number of furan rings is 1. The minimum Gasteiger partial charge on any atom is -0.459 e. The number of anilines is 1. The van der Waals surface area contributed by atoms with Crippen LogP contribution in [0.1, 0.15) is 23.5 Å². The van der Waals surface area contributed by atoms with Crippen LogP contribution in [0.15, 0.2) is 93.9 Å². The van der Waals surface area contributed by atoms with E-state index in [1.807, 2.05) is 59.5 Å². The summed E-state index contributed by atoms with van der Waals surface area (Å²) in [4.78, 5) is 17.3. The van der Waals surface area contributed by atoms with Gasteiger partial charge in [-0.25, -0.2) is 0 Å². The van der Waals surface area contributed by atoms with Crippen LogP contribution in [-0.4, -0.2) is 15.0 Å². The van der Waals surface area contributed by atoms with Gasteiger partial charge in [-0.1, -0.05) is 34.1 Å². The van der Waals surface area contributed by atoms with E-state index in [1.54, 1.807) is 18.3 Å². The summed E-state index contributed by atoms with van der Waals surface area (Å²) >= 11 is 9.19. The SMILES string of the molecule is O=[N+]([O-])c1cccc(-c2ccc([C@@H]3[C@H](c4ccccn4)NC(=S)N3c3ccc(Br)cc3)o2)c1. The molecule has 1 aliphatic rings. The lowest BCUT2D eigenvalue weighted by Crippen LogP contribution is -2.29. The molecule has 5 rings (SSSR count). The molecule has 0 bridgehead atoms. The number of halogens is 1. The third-order valence-electron chi connectivity index (χ3n) is 5.46. The molecule has 0 aliphatic carbocycles. The second-order valence-corrected chi connectivity index (χ2v) is 8.78. The van der Waals surface area contributed by atoms with Gasteiger partial charge >= 0.3 is 0 Å². The third kappa shape index (κ3) is 4.12. The molecule has 4 aromatic rings. The first-order chi connectivity index (χ1) is 16.0. The van der Waals surface area contributed by atoms with Crippen LogP contribution in [0.4, 0.5) is 11.4 Å². The number of thiocarbonyl (C=S) groups is 1. The Labute approximate surface area is 203 Å². The highest BCUT2D eigenvalue weighted by Crippen LogP contribution is 2.43. The van der Waals surface area contributed by atoms with Crippen molar-refractivity contribution in [1.82, 2.24) is 10.3 Å². The van der Waals surface area contributed by atoms with Crippen molar-refractivity contribution in [2.75, 3.05) is 4.90 Å². The number of nitrogens with zero attached hydrogens (tertiary/aromatic N) is 3. The van der Waals surface area contributed by atoms with Crippen LogP contribution >= 0.6 is 28.1 Å². The van der Waals surface area contributed by atoms with Crippen LogP contribution in [0.2, 0.25) is 0 Å². The summed E-state index contributed by atoms with van der Waals surface area (Å²) in [6.07, 6.45) is 1.75. The summed E-state index contributed by atoms with van der Waals surface area (Å²) in [5.74, 6) is 1.21. The normalized spacial score (nSPS) is 17.7. The molecule has 0 amide bonds. The van der Waals surface area contributed by atoms with E-state index in [-0.39, 0.29) is 17.8 Å². The first kappa shape index (κ1) is 21.3. The Bertz CT molecular complexity index is 1330. The zero-order valence-corrected chi connectivity index (χ0v) is 19.5. The van der Waals surface area contributed by atoms with Crippen molar-refractivity contribution in [2.24, 2.45) is 0 Å². The summed E-state index contributed by atoms with van der Waals surface area (Å²) in [5.41, 5.74) is 2.38. The van der Waals surface area contributed by atoms with E-state index in [0.717, 1.165) is 15.9 Å². The summed E-state index contributed by atoms with van der Waals surface area (Å²) in [5, 5.41) is 15.1. The average Bonchev–Trinajstić information content (AvgIpc) is 3.45. The van der Waals surface area contributed by atoms with Crippen LogP contribution in [0.3, 0.4) is 0 Å². The zero-order chi connectivity index (χ0) is 22.9. The highest BCUT2D eigenvalue weighted by molar-refractivity contribution is 9.10. The van der Waals surface area contributed by atoms with Gasteiger partial charge in [0, 0.05) is 34.1 Å². The Hall–Kier alpha value is -3.56. The van der Waals surface area contributed by atoms with E-state index < -0.39 is 4.92 Å². The molecule has 1 fully saturated rings. The smallest absolute Gasteiger partial charge is 0.270 e. The van der Waals surface area contributed by atoms with Gasteiger partial charge in [-0.05, 0) is 60.7 Å². The lowest BCUT2D eigenvalue weighted by Gasteiger charge is -2.26. The second kappa shape index (κ2) is 8.76. The topological polar surface area (TPSA) is 84.4 Å². The predicted molar refractivity (Wildman–Crippen MR) is 133 cm³/mol. The molecule has 2 aromatic heterocycles. The van der Waals surface area contributed by atoms with Crippen molar-refractivity contribution in [1.29, 1.82) is 0 Å². The van der Waals surface area contributed by atoms with Crippen LogP contribution in [0, 0.1) is 10.1 Å². The van der Waals surface area contributed by atoms with Crippen molar-refractivity contribution in [3.8, 4) is 11.3 Å². The van der Waals surface area contributed by atoms with Gasteiger partial charge in [0.25, 0.3) is 5.69 Å². The van der Waals surface area contributed by atoms with E-state index in [0.29, 0.717) is 22.2 Å². The fourth-order valence-corrected chi connectivity index (χ4v) is 4.57. The van der Waals surface area contributed by atoms with E-state index >= 15 is 0 Å². The van der Waals surface area contributed by atoms with Crippen LogP contribution in [0.5, 0.6) is 0 Å². The maximum Gasteiger partial charge on any atom is 0.270 e. The molecule has 7 nitrogen and oxygen atoms in total. The van der Waals surface area contributed by atoms with Crippen molar-refractivity contribution in [3.05, 3.63) is 111 Å². The third-order valence-corrected chi connectivity index (χ3v) is 6.31. The molecule has 0 unspecified atom stereocenters. The molecule has 3 heterocycles. The summed E-state index contributed by atoms with van der Waals surface area (Å²) in [7, 11) is 0. The Balaban J connectivity index is 1.58. The molecule has 0 spiro atoms. The van der Waals surface area contributed by atoms with E-state index in [1.165, 1.54) is 12.1 Å². The van der Waals surface area contributed by atoms with E-state index in [4.69, 9.17) is 16.6 Å². The molecular formula is C24H17BrN4O3S. The first-order valence-corrected chi connectivity index (χ1v) is 11.3. The first-order valence-electron chi connectivity index (χ1n) is 10.1. The molecule has 1 saturated heterocycles. The van der Waals surface area contributed by atoms with Gasteiger partial charge in [-0.3, -0.25) is 15.1 Å². The Morgan fingerprint density at radius 3 is 2.61 bits per heavy atom. The average molecular weight is 521 g/mol. The van der Waals surface area contributed by atoms with Crippen LogP contribution in [-0.2, 0) is 0 Å². The predicted octanol–water partition coefficient (Wildman–Crippen LogP) is 6.19. The number of rotatable bonds is 5. The molecule has 164 valence electrons. The number of non-ortho nitro benzene ring substituents is 1. The van der Waals surface area contributed by atoms with Gasteiger partial charge in [-0.2, -0.15) is 0 Å². The van der Waals surface area contributed by atoms with Crippen molar-refractivity contribution >= 4 is 44.6 Å². The van der Waals surface area contributed by atoms with Crippen molar-refractivity contribution in [2.45, 2.75) is 12.1 Å². The summed E-state index contributed by atoms with van der Waals surface area (Å²) in [6, 6.07) is 23.2. The maximum absolute atomic E-state index is 11.2. The summed E-state index contributed by atoms with van der Waals surface area (Å²) in [6.45, 7) is 0. The minimum absolute atomic E-state index is 0.0111. The molecule has 0 radical (unpaired) electrons. The largest absolute Gasteiger partial charge is 0.459 e. The molecule has 2 aromatic carbocycles. The van der Waals surface area contributed by atoms with Crippen LogP contribution in [0.25, 0.3) is 11.3 Å². The molecular weight excluding hydrogens is 504 g/mol. The number of nitrogens with one attached hydrogen (secondary N) is 1. The molecule has 1 aliphatic heterocycles. The van der Waals surface area contributed by atoms with Gasteiger partial charge < -0.3 is 14.6 Å². The Morgan fingerprint density at radius 2 is 1.88 bits per heavy atom. The number of nitro benzene ring substituents is 1. The number of hydrogen-bond donors (Lipinski definition) is 1.